The number of hydrogen-bond donors (Lipinski definition) is 1. The monoisotopic (exact) mass is 222 g/mol. The summed E-state index contributed by atoms with van der Waals surface area (Å²) >= 11 is 0. The molecular formula is C10H17F3N2. The minimum atomic E-state index is -3.99. The molecule has 0 unspecified atom stereocenters. The lowest BCUT2D eigenvalue weighted by molar-refractivity contribution is -0.209. The molecule has 2 saturated heterocycles. The first kappa shape index (κ1) is 11.2. The van der Waals surface area contributed by atoms with Gasteiger partial charge in [0.2, 0.25) is 0 Å². The first-order chi connectivity index (χ1) is 6.89. The van der Waals surface area contributed by atoms with E-state index in [1.54, 1.807) is 0 Å². The van der Waals surface area contributed by atoms with Crippen molar-refractivity contribution in [3.63, 3.8) is 0 Å². The van der Waals surface area contributed by atoms with Gasteiger partial charge in [0.25, 0.3) is 0 Å². The van der Waals surface area contributed by atoms with E-state index in [1.165, 1.54) is 0 Å². The van der Waals surface area contributed by atoms with E-state index in [9.17, 15) is 13.2 Å². The Labute approximate surface area is 87.8 Å². The van der Waals surface area contributed by atoms with Crippen molar-refractivity contribution in [3.05, 3.63) is 0 Å². The molecule has 0 aliphatic carbocycles. The molecule has 2 nitrogen and oxygen atoms in total. The minimum Gasteiger partial charge on any atom is -0.316 e. The highest BCUT2D eigenvalue weighted by molar-refractivity contribution is 4.91. The Kier molecular flexibility index (Phi) is 2.71. The molecule has 0 bridgehead atoms. The smallest absolute Gasteiger partial charge is 0.316 e. The maximum atomic E-state index is 12.2. The van der Waals surface area contributed by atoms with Crippen LogP contribution in [0.1, 0.15) is 13.3 Å². The Hall–Kier alpha value is -0.290. The average molecular weight is 222 g/mol. The Morgan fingerprint density at radius 2 is 1.93 bits per heavy atom. The van der Waals surface area contributed by atoms with Gasteiger partial charge in [0.05, 0.1) is 5.92 Å². The lowest BCUT2D eigenvalue weighted by Crippen LogP contribution is -2.56. The second kappa shape index (κ2) is 3.63. The predicted octanol–water partition coefficient (Wildman–Crippen LogP) is 1.48. The first-order valence-electron chi connectivity index (χ1n) is 5.39. The number of nitrogens with zero attached hydrogens (tertiary/aromatic N) is 1. The Morgan fingerprint density at radius 3 is 2.33 bits per heavy atom. The molecule has 0 aromatic carbocycles. The highest BCUT2D eigenvalue weighted by Gasteiger charge is 2.47. The molecule has 0 aromatic heterocycles. The molecule has 15 heavy (non-hydrogen) atoms. The van der Waals surface area contributed by atoms with Crippen LogP contribution in [0.15, 0.2) is 0 Å². The zero-order valence-corrected chi connectivity index (χ0v) is 8.90. The summed E-state index contributed by atoms with van der Waals surface area (Å²) in [6.07, 6.45) is -2.98. The Bertz CT molecular complexity index is 229. The van der Waals surface area contributed by atoms with E-state index < -0.39 is 12.1 Å². The van der Waals surface area contributed by atoms with Crippen molar-refractivity contribution >= 4 is 0 Å². The summed E-state index contributed by atoms with van der Waals surface area (Å²) in [6.45, 7) is 5.41. The standard InChI is InChI=1S/C10H17F3N2/c1-9(6-14-7-9)2-3-15-4-8(5-15)10(11,12)13/h8,14H,2-7H2,1H3. The quantitative estimate of drug-likeness (QED) is 0.778. The molecule has 5 heteroatoms. The first-order valence-corrected chi connectivity index (χ1v) is 5.39. The van der Waals surface area contributed by atoms with Crippen LogP contribution >= 0.6 is 0 Å². The fourth-order valence-electron chi connectivity index (χ4n) is 2.12. The number of alkyl halides is 3. The van der Waals surface area contributed by atoms with Crippen molar-refractivity contribution in [3.8, 4) is 0 Å². The van der Waals surface area contributed by atoms with Crippen molar-refractivity contribution in [2.45, 2.75) is 19.5 Å². The predicted molar refractivity (Wildman–Crippen MR) is 51.6 cm³/mol. The maximum Gasteiger partial charge on any atom is 0.394 e. The molecule has 2 rings (SSSR count). The van der Waals surface area contributed by atoms with Crippen LogP contribution in [0.4, 0.5) is 13.2 Å². The van der Waals surface area contributed by atoms with Gasteiger partial charge in [0.1, 0.15) is 0 Å². The van der Waals surface area contributed by atoms with Crippen LogP contribution < -0.4 is 5.32 Å². The third-order valence-corrected chi connectivity index (χ3v) is 3.56. The zero-order chi connectivity index (χ0) is 11.1. The molecule has 0 saturated carbocycles. The van der Waals surface area contributed by atoms with Crippen LogP contribution in [0.25, 0.3) is 0 Å². The van der Waals surface area contributed by atoms with Crippen LogP contribution in [-0.2, 0) is 0 Å². The van der Waals surface area contributed by atoms with Gasteiger partial charge in [-0.2, -0.15) is 13.2 Å². The second-order valence-corrected chi connectivity index (χ2v) is 5.16. The van der Waals surface area contributed by atoms with Crippen molar-refractivity contribution in [2.75, 3.05) is 32.7 Å². The molecule has 0 radical (unpaired) electrons. The highest BCUT2D eigenvalue weighted by atomic mass is 19.4. The van der Waals surface area contributed by atoms with Crippen molar-refractivity contribution < 1.29 is 13.2 Å². The summed E-state index contributed by atoms with van der Waals surface area (Å²) in [5.74, 6) is -1.08. The Balaban J connectivity index is 1.64. The molecule has 0 amide bonds. The molecule has 2 aliphatic heterocycles. The average Bonchev–Trinajstić information content (AvgIpc) is 1.95. The van der Waals surface area contributed by atoms with Gasteiger partial charge in [-0.05, 0) is 18.4 Å². The van der Waals surface area contributed by atoms with Gasteiger partial charge in [0, 0.05) is 26.2 Å². The summed E-state index contributed by atoms with van der Waals surface area (Å²) in [5, 5.41) is 3.20. The third-order valence-electron chi connectivity index (χ3n) is 3.56. The summed E-state index contributed by atoms with van der Waals surface area (Å²) in [6, 6.07) is 0. The maximum absolute atomic E-state index is 12.2. The largest absolute Gasteiger partial charge is 0.394 e. The summed E-state index contributed by atoms with van der Waals surface area (Å²) in [5.41, 5.74) is 0.323. The van der Waals surface area contributed by atoms with Crippen LogP contribution in [0, 0.1) is 11.3 Å². The third kappa shape index (κ3) is 2.45. The highest BCUT2D eigenvalue weighted by Crippen LogP contribution is 2.34. The zero-order valence-electron chi connectivity index (χ0n) is 8.90. The van der Waals surface area contributed by atoms with E-state index >= 15 is 0 Å². The van der Waals surface area contributed by atoms with E-state index in [2.05, 4.69) is 12.2 Å². The van der Waals surface area contributed by atoms with Gasteiger partial charge in [0.15, 0.2) is 0 Å². The normalized spacial score (nSPS) is 27.2. The lowest BCUT2D eigenvalue weighted by Gasteiger charge is -2.44. The minimum absolute atomic E-state index is 0.201. The van der Waals surface area contributed by atoms with E-state index in [0.29, 0.717) is 5.41 Å². The molecule has 88 valence electrons. The SMILES string of the molecule is CC1(CCN2CC(C(F)(F)F)C2)CNC1. The van der Waals surface area contributed by atoms with Gasteiger partial charge >= 0.3 is 6.18 Å². The molecule has 0 aromatic rings. The Morgan fingerprint density at radius 1 is 1.33 bits per heavy atom. The number of rotatable bonds is 3. The molecule has 2 heterocycles. The molecule has 0 atom stereocenters. The molecular weight excluding hydrogens is 205 g/mol. The molecule has 2 aliphatic rings. The van der Waals surface area contributed by atoms with Gasteiger partial charge in [-0.1, -0.05) is 6.92 Å². The van der Waals surface area contributed by atoms with E-state index in [0.717, 1.165) is 26.1 Å². The molecule has 2 fully saturated rings. The van der Waals surface area contributed by atoms with E-state index in [1.807, 2.05) is 4.90 Å². The molecule has 0 spiro atoms. The van der Waals surface area contributed by atoms with Crippen molar-refractivity contribution in [2.24, 2.45) is 11.3 Å². The fraction of sp³-hybridized carbons (Fsp3) is 1.00. The van der Waals surface area contributed by atoms with Crippen molar-refractivity contribution in [1.29, 1.82) is 0 Å². The summed E-state index contributed by atoms with van der Waals surface area (Å²) in [7, 11) is 0. The van der Waals surface area contributed by atoms with Crippen LogP contribution in [0.5, 0.6) is 0 Å². The number of likely N-dealkylation sites (tertiary alicyclic amines) is 1. The van der Waals surface area contributed by atoms with Gasteiger partial charge in [-0.25, -0.2) is 0 Å². The van der Waals surface area contributed by atoms with Crippen LogP contribution in [0.3, 0.4) is 0 Å². The number of halogens is 3. The van der Waals surface area contributed by atoms with Gasteiger partial charge in [-0.3, -0.25) is 0 Å². The van der Waals surface area contributed by atoms with E-state index in [4.69, 9.17) is 0 Å². The van der Waals surface area contributed by atoms with Crippen LogP contribution in [-0.4, -0.2) is 43.8 Å². The van der Waals surface area contributed by atoms with Gasteiger partial charge < -0.3 is 10.2 Å². The van der Waals surface area contributed by atoms with E-state index in [-0.39, 0.29) is 13.1 Å². The topological polar surface area (TPSA) is 15.3 Å². The lowest BCUT2D eigenvalue weighted by atomic mass is 9.80. The molecule has 1 N–H and O–H groups in total. The van der Waals surface area contributed by atoms with Crippen molar-refractivity contribution in [1.82, 2.24) is 10.2 Å². The fourth-order valence-corrected chi connectivity index (χ4v) is 2.12. The number of hydrogen-bond acceptors (Lipinski definition) is 2. The number of nitrogens with one attached hydrogen (secondary N) is 1. The van der Waals surface area contributed by atoms with Crippen LogP contribution in [0.2, 0.25) is 0 Å². The van der Waals surface area contributed by atoms with Gasteiger partial charge in [-0.15, -0.1) is 0 Å². The second-order valence-electron chi connectivity index (χ2n) is 5.16. The summed E-state index contributed by atoms with van der Waals surface area (Å²) < 4.78 is 36.6. The summed E-state index contributed by atoms with van der Waals surface area (Å²) in [4.78, 5) is 1.90.